The van der Waals surface area contributed by atoms with Crippen molar-refractivity contribution in [1.82, 2.24) is 0 Å². The highest BCUT2D eigenvalue weighted by atomic mass is 16.4. The van der Waals surface area contributed by atoms with Crippen molar-refractivity contribution in [2.45, 2.75) is 53.4 Å². The molecule has 0 fully saturated rings. The summed E-state index contributed by atoms with van der Waals surface area (Å²) in [4.78, 5) is 10.8. The number of carboxylic acids is 1. The molecule has 78 valence electrons. The summed E-state index contributed by atoms with van der Waals surface area (Å²) in [7, 11) is 0. The summed E-state index contributed by atoms with van der Waals surface area (Å²) in [6.07, 6.45) is 3.68. The predicted octanol–water partition coefficient (Wildman–Crippen LogP) is 3.31. The quantitative estimate of drug-likeness (QED) is 0.691. The molecule has 0 aromatic heterocycles. The zero-order valence-corrected chi connectivity index (χ0v) is 9.26. The molecule has 0 aliphatic carbocycles. The van der Waals surface area contributed by atoms with Gasteiger partial charge in [0.05, 0.1) is 5.92 Å². The molecular formula is C11H22O2. The van der Waals surface area contributed by atoms with Crippen LogP contribution in [0.3, 0.4) is 0 Å². The zero-order chi connectivity index (χ0) is 10.5. The molecule has 2 nitrogen and oxygen atoms in total. The van der Waals surface area contributed by atoms with Gasteiger partial charge in [0.2, 0.25) is 0 Å². The average Bonchev–Trinajstić information content (AvgIpc) is 2.13. The molecule has 1 N–H and O–H groups in total. The molecule has 0 aliphatic heterocycles. The fraction of sp³-hybridized carbons (Fsp3) is 0.909. The second kappa shape index (κ2) is 5.25. The first-order valence-corrected chi connectivity index (χ1v) is 5.21. The van der Waals surface area contributed by atoms with E-state index in [-0.39, 0.29) is 11.3 Å². The lowest BCUT2D eigenvalue weighted by Crippen LogP contribution is -2.23. The number of hydrogen-bond donors (Lipinski definition) is 1. The molecule has 0 saturated carbocycles. The molecular weight excluding hydrogens is 164 g/mol. The monoisotopic (exact) mass is 186 g/mol. The summed E-state index contributed by atoms with van der Waals surface area (Å²) in [5.74, 6) is -0.805. The van der Waals surface area contributed by atoms with Crippen LogP contribution in [0.2, 0.25) is 0 Å². The van der Waals surface area contributed by atoms with Gasteiger partial charge >= 0.3 is 5.97 Å². The third-order valence-electron chi connectivity index (χ3n) is 3.29. The fourth-order valence-electron chi connectivity index (χ4n) is 1.54. The maximum Gasteiger partial charge on any atom is 0.306 e. The number of carboxylic acid groups (broad SMARTS) is 1. The van der Waals surface area contributed by atoms with Crippen molar-refractivity contribution in [2.75, 3.05) is 0 Å². The summed E-state index contributed by atoms with van der Waals surface area (Å²) >= 11 is 0. The average molecular weight is 186 g/mol. The number of rotatable bonds is 6. The van der Waals surface area contributed by atoms with Gasteiger partial charge in [0, 0.05) is 0 Å². The van der Waals surface area contributed by atoms with E-state index in [0.717, 1.165) is 25.7 Å². The molecule has 0 heterocycles. The highest BCUT2D eigenvalue weighted by Gasteiger charge is 2.27. The van der Waals surface area contributed by atoms with Crippen LogP contribution >= 0.6 is 0 Å². The van der Waals surface area contributed by atoms with E-state index in [1.54, 1.807) is 0 Å². The van der Waals surface area contributed by atoms with Gasteiger partial charge in [-0.2, -0.15) is 0 Å². The van der Waals surface area contributed by atoms with Crippen LogP contribution in [0.4, 0.5) is 0 Å². The van der Waals surface area contributed by atoms with Crippen molar-refractivity contribution in [3.05, 3.63) is 0 Å². The van der Waals surface area contributed by atoms with Crippen LogP contribution in [0.1, 0.15) is 53.4 Å². The molecule has 2 heteroatoms. The van der Waals surface area contributed by atoms with Crippen molar-refractivity contribution >= 4 is 5.97 Å². The zero-order valence-electron chi connectivity index (χ0n) is 9.26. The summed E-state index contributed by atoms with van der Waals surface area (Å²) in [6, 6.07) is 0. The number of carbonyl (C=O) groups is 1. The Kier molecular flexibility index (Phi) is 5.04. The lowest BCUT2D eigenvalue weighted by atomic mass is 9.76. The van der Waals surface area contributed by atoms with E-state index in [4.69, 9.17) is 5.11 Å². The Morgan fingerprint density at radius 2 is 1.77 bits per heavy atom. The first kappa shape index (κ1) is 12.5. The number of hydrogen-bond acceptors (Lipinski definition) is 1. The van der Waals surface area contributed by atoms with Crippen LogP contribution in [0.25, 0.3) is 0 Å². The van der Waals surface area contributed by atoms with Gasteiger partial charge in [-0.25, -0.2) is 0 Å². The molecule has 0 rings (SSSR count). The van der Waals surface area contributed by atoms with Crippen molar-refractivity contribution < 1.29 is 9.90 Å². The van der Waals surface area contributed by atoms with Crippen LogP contribution in [0, 0.1) is 11.3 Å². The van der Waals surface area contributed by atoms with E-state index in [1.807, 2.05) is 6.92 Å². The maximum atomic E-state index is 10.8. The van der Waals surface area contributed by atoms with E-state index in [2.05, 4.69) is 20.8 Å². The Balaban J connectivity index is 4.27. The van der Waals surface area contributed by atoms with Crippen molar-refractivity contribution in [3.63, 3.8) is 0 Å². The Bertz CT molecular complexity index is 159. The standard InChI is InChI=1S/C11H22O2/c1-5-9(10(12)13)8-11(4,6-2)7-3/h9H,5-8H2,1-4H3,(H,12,13). The molecule has 0 bridgehead atoms. The van der Waals surface area contributed by atoms with E-state index in [0.29, 0.717) is 0 Å². The molecule has 0 radical (unpaired) electrons. The third-order valence-corrected chi connectivity index (χ3v) is 3.29. The first-order chi connectivity index (χ1) is 5.99. The van der Waals surface area contributed by atoms with Gasteiger partial charge in [0.1, 0.15) is 0 Å². The molecule has 0 aliphatic rings. The van der Waals surface area contributed by atoms with Crippen LogP contribution in [-0.2, 0) is 4.79 Å². The fourth-order valence-corrected chi connectivity index (χ4v) is 1.54. The van der Waals surface area contributed by atoms with Crippen LogP contribution in [0.5, 0.6) is 0 Å². The van der Waals surface area contributed by atoms with Crippen LogP contribution in [0.15, 0.2) is 0 Å². The minimum atomic E-state index is -0.643. The second-order valence-corrected chi connectivity index (χ2v) is 4.17. The van der Waals surface area contributed by atoms with Gasteiger partial charge in [0.25, 0.3) is 0 Å². The molecule has 1 unspecified atom stereocenters. The summed E-state index contributed by atoms with van der Waals surface area (Å²) in [5.41, 5.74) is 0.207. The summed E-state index contributed by atoms with van der Waals surface area (Å²) < 4.78 is 0. The molecule has 0 spiro atoms. The predicted molar refractivity (Wildman–Crippen MR) is 54.7 cm³/mol. The van der Waals surface area contributed by atoms with E-state index >= 15 is 0 Å². The van der Waals surface area contributed by atoms with Gasteiger partial charge in [-0.3, -0.25) is 4.79 Å². The Hall–Kier alpha value is -0.530. The van der Waals surface area contributed by atoms with Gasteiger partial charge in [-0.1, -0.05) is 40.5 Å². The Morgan fingerprint density at radius 3 is 2.00 bits per heavy atom. The molecule has 0 aromatic carbocycles. The maximum absolute atomic E-state index is 10.8. The van der Waals surface area contributed by atoms with E-state index in [1.165, 1.54) is 0 Å². The van der Waals surface area contributed by atoms with E-state index < -0.39 is 5.97 Å². The second-order valence-electron chi connectivity index (χ2n) is 4.17. The Labute approximate surface area is 81.3 Å². The Morgan fingerprint density at radius 1 is 1.31 bits per heavy atom. The highest BCUT2D eigenvalue weighted by molar-refractivity contribution is 5.69. The highest BCUT2D eigenvalue weighted by Crippen LogP contribution is 2.34. The summed E-state index contributed by atoms with van der Waals surface area (Å²) in [6.45, 7) is 8.40. The topological polar surface area (TPSA) is 37.3 Å². The van der Waals surface area contributed by atoms with Gasteiger partial charge < -0.3 is 5.11 Å². The van der Waals surface area contributed by atoms with Crippen molar-refractivity contribution in [3.8, 4) is 0 Å². The van der Waals surface area contributed by atoms with Gasteiger partial charge in [0.15, 0.2) is 0 Å². The molecule has 1 atom stereocenters. The lowest BCUT2D eigenvalue weighted by Gasteiger charge is -2.29. The SMILES string of the molecule is CCC(CC(C)(CC)CC)C(=O)O. The smallest absolute Gasteiger partial charge is 0.306 e. The number of aliphatic carboxylic acids is 1. The molecule has 13 heavy (non-hydrogen) atoms. The molecule has 0 aromatic rings. The molecule has 0 amide bonds. The van der Waals surface area contributed by atoms with Crippen molar-refractivity contribution in [1.29, 1.82) is 0 Å². The van der Waals surface area contributed by atoms with Gasteiger partial charge in [-0.05, 0) is 18.3 Å². The normalized spacial score (nSPS) is 14.2. The first-order valence-electron chi connectivity index (χ1n) is 5.21. The minimum Gasteiger partial charge on any atom is -0.481 e. The van der Waals surface area contributed by atoms with Crippen LogP contribution in [-0.4, -0.2) is 11.1 Å². The third kappa shape index (κ3) is 3.79. The molecule has 0 saturated heterocycles. The minimum absolute atomic E-state index is 0.162. The van der Waals surface area contributed by atoms with Crippen LogP contribution < -0.4 is 0 Å². The lowest BCUT2D eigenvalue weighted by molar-refractivity contribution is -0.143. The largest absolute Gasteiger partial charge is 0.481 e. The van der Waals surface area contributed by atoms with E-state index in [9.17, 15) is 4.79 Å². The van der Waals surface area contributed by atoms with Crippen molar-refractivity contribution in [2.24, 2.45) is 11.3 Å². The van der Waals surface area contributed by atoms with Gasteiger partial charge in [-0.15, -0.1) is 0 Å². The summed E-state index contributed by atoms with van der Waals surface area (Å²) in [5, 5.41) is 8.93.